The maximum atomic E-state index is 14.2. The fraction of sp³-hybridized carbons (Fsp3) is 0.277. The first-order valence-electron chi connectivity index (χ1n) is 19.7. The standard InChI is InChI=1S/C47H42Cl2N4O6/c1-52-41-22-34-23-42(45(54)51-40(47(56)57)21-28-6-11-31(12-7-28)32-13-8-29(25-50)9-14-32)53(36-4-2-3-5-36)26-35(34)24-43(41)59-44(46(52)55)33-15-17-37(18-16-33)58-27-30-10-19-38(48)39(49)20-30/h6-20,22,24,36,40,42,44H,2-5,21,23,26-27H2,1H3,(H,51,54)(H,56,57). The van der Waals surface area contributed by atoms with Crippen molar-refractivity contribution < 1.29 is 29.0 Å². The van der Waals surface area contributed by atoms with Crippen LogP contribution in [0.1, 0.15) is 65.2 Å². The molecule has 1 fully saturated rings. The molecule has 2 aliphatic heterocycles. The van der Waals surface area contributed by atoms with E-state index in [1.807, 2.05) is 66.7 Å². The van der Waals surface area contributed by atoms with Crippen LogP contribution in [0.3, 0.4) is 0 Å². The molecule has 1 saturated carbocycles. The molecule has 12 heteroatoms. The van der Waals surface area contributed by atoms with E-state index in [4.69, 9.17) is 37.9 Å². The van der Waals surface area contributed by atoms with E-state index >= 15 is 0 Å². The molecule has 2 N–H and O–H groups in total. The fourth-order valence-corrected chi connectivity index (χ4v) is 8.66. The van der Waals surface area contributed by atoms with Crippen molar-refractivity contribution in [1.82, 2.24) is 10.2 Å². The molecule has 8 rings (SSSR count). The van der Waals surface area contributed by atoms with Gasteiger partial charge in [0.15, 0.2) is 0 Å². The molecule has 5 aromatic carbocycles. The molecule has 59 heavy (non-hydrogen) atoms. The number of fused-ring (bicyclic) bond motifs is 2. The Hall–Kier alpha value is -5.86. The van der Waals surface area contributed by atoms with E-state index < -0.39 is 24.2 Å². The van der Waals surface area contributed by atoms with E-state index in [1.165, 1.54) is 0 Å². The lowest BCUT2D eigenvalue weighted by atomic mass is 9.90. The zero-order chi connectivity index (χ0) is 41.2. The highest BCUT2D eigenvalue weighted by molar-refractivity contribution is 6.42. The van der Waals surface area contributed by atoms with E-state index in [9.17, 15) is 19.5 Å². The van der Waals surface area contributed by atoms with Crippen LogP contribution in [0, 0.1) is 11.3 Å². The van der Waals surface area contributed by atoms with Gasteiger partial charge in [0.1, 0.15) is 24.1 Å². The van der Waals surface area contributed by atoms with E-state index in [2.05, 4.69) is 16.3 Å². The summed E-state index contributed by atoms with van der Waals surface area (Å²) in [4.78, 5) is 44.4. The Morgan fingerprint density at radius 1 is 0.898 bits per heavy atom. The molecule has 0 spiro atoms. The number of hydrogen-bond donors (Lipinski definition) is 2. The largest absolute Gasteiger partial charge is 0.489 e. The number of carbonyl (C=O) groups is 3. The minimum Gasteiger partial charge on any atom is -0.489 e. The predicted octanol–water partition coefficient (Wildman–Crippen LogP) is 8.69. The van der Waals surface area contributed by atoms with Gasteiger partial charge in [0.05, 0.1) is 33.4 Å². The number of nitriles is 1. The summed E-state index contributed by atoms with van der Waals surface area (Å²) >= 11 is 12.2. The first-order valence-corrected chi connectivity index (χ1v) is 20.5. The van der Waals surface area contributed by atoms with Gasteiger partial charge in [-0.05, 0) is 101 Å². The quantitative estimate of drug-likeness (QED) is 0.135. The van der Waals surface area contributed by atoms with Crippen molar-refractivity contribution in [3.8, 4) is 28.7 Å². The topological polar surface area (TPSA) is 132 Å². The molecule has 0 radical (unpaired) electrons. The van der Waals surface area contributed by atoms with Gasteiger partial charge in [-0.2, -0.15) is 5.26 Å². The third-order valence-corrected chi connectivity index (χ3v) is 12.4. The molecule has 0 aromatic heterocycles. The average molecular weight is 830 g/mol. The van der Waals surface area contributed by atoms with Crippen LogP contribution in [-0.4, -0.2) is 53.0 Å². The second-order valence-electron chi connectivity index (χ2n) is 15.4. The van der Waals surface area contributed by atoms with Crippen LogP contribution in [0.5, 0.6) is 11.5 Å². The summed E-state index contributed by atoms with van der Waals surface area (Å²) in [5.41, 5.74) is 7.36. The third-order valence-electron chi connectivity index (χ3n) is 11.6. The van der Waals surface area contributed by atoms with Crippen LogP contribution in [-0.2, 0) is 40.4 Å². The molecule has 3 unspecified atom stereocenters. The highest BCUT2D eigenvalue weighted by Crippen LogP contribution is 2.43. The van der Waals surface area contributed by atoms with Crippen LogP contribution < -0.4 is 19.7 Å². The number of benzene rings is 5. The Balaban J connectivity index is 0.971. The number of nitrogens with zero attached hydrogens (tertiary/aromatic N) is 3. The van der Waals surface area contributed by atoms with Gasteiger partial charge in [0.25, 0.3) is 5.91 Å². The van der Waals surface area contributed by atoms with Crippen molar-refractivity contribution in [3.05, 3.63) is 147 Å². The van der Waals surface area contributed by atoms with Gasteiger partial charge in [-0.15, -0.1) is 0 Å². The van der Waals surface area contributed by atoms with Gasteiger partial charge in [0, 0.05) is 31.6 Å². The number of anilines is 1. The SMILES string of the molecule is CN1C(=O)C(c2ccc(OCc3ccc(Cl)c(Cl)c3)cc2)Oc2cc3c(cc21)CC(C(=O)NC(Cc1ccc(-c2ccc(C#N)cc2)cc1)C(=O)O)N(C1CCCC1)C3. The van der Waals surface area contributed by atoms with E-state index in [0.717, 1.165) is 59.1 Å². The molecule has 5 aromatic rings. The zero-order valence-electron chi connectivity index (χ0n) is 32.4. The second-order valence-corrected chi connectivity index (χ2v) is 16.2. The van der Waals surface area contributed by atoms with Gasteiger partial charge in [-0.3, -0.25) is 14.5 Å². The molecule has 2 amide bonds. The molecule has 3 atom stereocenters. The molecule has 1 aliphatic carbocycles. The molecule has 2 heterocycles. The number of halogens is 2. The summed E-state index contributed by atoms with van der Waals surface area (Å²) < 4.78 is 12.4. The summed E-state index contributed by atoms with van der Waals surface area (Å²) in [5, 5.41) is 23.2. The minimum absolute atomic E-state index is 0.120. The van der Waals surface area contributed by atoms with Gasteiger partial charge in [-0.1, -0.05) is 90.6 Å². The number of amides is 2. The van der Waals surface area contributed by atoms with Gasteiger partial charge in [0.2, 0.25) is 12.0 Å². The summed E-state index contributed by atoms with van der Waals surface area (Å²) in [6.07, 6.45) is 3.69. The second kappa shape index (κ2) is 17.2. The van der Waals surface area contributed by atoms with Crippen molar-refractivity contribution >= 4 is 46.7 Å². The summed E-state index contributed by atoms with van der Waals surface area (Å²) in [6.45, 7) is 0.796. The Bertz CT molecular complexity index is 2430. The van der Waals surface area contributed by atoms with Crippen molar-refractivity contribution in [2.45, 2.75) is 75.9 Å². The minimum atomic E-state index is -1.13. The number of ether oxygens (including phenoxy) is 2. The highest BCUT2D eigenvalue weighted by Gasteiger charge is 2.40. The van der Waals surface area contributed by atoms with Gasteiger partial charge >= 0.3 is 5.97 Å². The average Bonchev–Trinajstić information content (AvgIpc) is 3.80. The van der Waals surface area contributed by atoms with Gasteiger partial charge < -0.3 is 24.8 Å². The Morgan fingerprint density at radius 2 is 1.58 bits per heavy atom. The highest BCUT2D eigenvalue weighted by atomic mass is 35.5. The molecular formula is C47H42Cl2N4O6. The Labute approximate surface area is 352 Å². The van der Waals surface area contributed by atoms with E-state index in [-0.39, 0.29) is 24.3 Å². The van der Waals surface area contributed by atoms with Crippen molar-refractivity contribution in [2.24, 2.45) is 0 Å². The molecule has 0 bridgehead atoms. The molecular weight excluding hydrogens is 787 g/mol. The van der Waals surface area contributed by atoms with Crippen molar-refractivity contribution in [3.63, 3.8) is 0 Å². The number of carboxylic acid groups (broad SMARTS) is 1. The van der Waals surface area contributed by atoms with Gasteiger partial charge in [-0.25, -0.2) is 4.79 Å². The number of aliphatic carboxylic acids is 1. The summed E-state index contributed by atoms with van der Waals surface area (Å²) in [5.74, 6) is -0.451. The lowest BCUT2D eigenvalue weighted by Crippen LogP contribution is -2.56. The van der Waals surface area contributed by atoms with Crippen molar-refractivity contribution in [1.29, 1.82) is 5.26 Å². The van der Waals surface area contributed by atoms with E-state index in [1.54, 1.807) is 48.3 Å². The lowest BCUT2D eigenvalue weighted by Gasteiger charge is -2.41. The van der Waals surface area contributed by atoms with Crippen LogP contribution in [0.4, 0.5) is 5.69 Å². The van der Waals surface area contributed by atoms with Crippen molar-refractivity contribution in [2.75, 3.05) is 11.9 Å². The number of carboxylic acids is 1. The molecule has 3 aliphatic rings. The normalized spacial score (nSPS) is 18.3. The first-order chi connectivity index (χ1) is 28.5. The van der Waals surface area contributed by atoms with Crippen LogP contribution in [0.2, 0.25) is 10.0 Å². The third kappa shape index (κ3) is 8.64. The maximum Gasteiger partial charge on any atom is 0.326 e. The zero-order valence-corrected chi connectivity index (χ0v) is 33.9. The molecule has 0 saturated heterocycles. The fourth-order valence-electron chi connectivity index (χ4n) is 8.33. The molecule has 300 valence electrons. The van der Waals surface area contributed by atoms with Crippen LogP contribution in [0.15, 0.2) is 103 Å². The number of carbonyl (C=O) groups excluding carboxylic acids is 2. The number of nitrogens with one attached hydrogen (secondary N) is 1. The Morgan fingerprint density at radius 3 is 2.24 bits per heavy atom. The summed E-state index contributed by atoms with van der Waals surface area (Å²) in [6, 6.07) is 32.0. The van der Waals surface area contributed by atoms with Crippen LogP contribution in [0.25, 0.3) is 11.1 Å². The predicted molar refractivity (Wildman–Crippen MR) is 226 cm³/mol. The van der Waals surface area contributed by atoms with E-state index in [0.29, 0.717) is 57.9 Å². The smallest absolute Gasteiger partial charge is 0.326 e. The first kappa shape index (κ1) is 39.9. The summed E-state index contributed by atoms with van der Waals surface area (Å²) in [7, 11) is 1.73. The Kier molecular flexibility index (Phi) is 11.6. The van der Waals surface area contributed by atoms with Crippen LogP contribution >= 0.6 is 23.2 Å². The number of likely N-dealkylation sites (N-methyl/N-ethyl adjacent to an activating group) is 1. The number of rotatable bonds is 11. The lowest BCUT2D eigenvalue weighted by molar-refractivity contribution is -0.143. The molecule has 10 nitrogen and oxygen atoms in total. The maximum absolute atomic E-state index is 14.2. The number of hydrogen-bond acceptors (Lipinski definition) is 7. The monoisotopic (exact) mass is 828 g/mol.